The van der Waals surface area contributed by atoms with E-state index in [0.29, 0.717) is 15.5 Å². The molecule has 6 heteroatoms. The minimum Gasteiger partial charge on any atom is -0.452 e. The molecule has 2 aromatic heterocycles. The SMILES string of the molecule is CCCn1ncc(Cl)c1C(N)c1ccc(Br)o1. The van der Waals surface area contributed by atoms with Crippen LogP contribution in [0.25, 0.3) is 0 Å². The smallest absolute Gasteiger partial charge is 0.169 e. The Kier molecular flexibility index (Phi) is 3.91. The molecule has 0 saturated carbocycles. The third kappa shape index (κ3) is 2.56. The summed E-state index contributed by atoms with van der Waals surface area (Å²) < 4.78 is 7.93. The van der Waals surface area contributed by atoms with Gasteiger partial charge in [-0.15, -0.1) is 0 Å². The first kappa shape index (κ1) is 12.7. The normalized spacial score (nSPS) is 12.9. The molecule has 2 heterocycles. The second kappa shape index (κ2) is 5.25. The maximum absolute atomic E-state index is 6.15. The van der Waals surface area contributed by atoms with Gasteiger partial charge in [0.05, 0.1) is 16.9 Å². The molecule has 0 saturated heterocycles. The summed E-state index contributed by atoms with van der Waals surface area (Å²) in [6.07, 6.45) is 2.59. The van der Waals surface area contributed by atoms with E-state index in [1.54, 1.807) is 6.20 Å². The highest BCUT2D eigenvalue weighted by atomic mass is 79.9. The van der Waals surface area contributed by atoms with Crippen LogP contribution in [0.2, 0.25) is 5.02 Å². The van der Waals surface area contributed by atoms with Crippen molar-refractivity contribution in [2.24, 2.45) is 5.73 Å². The van der Waals surface area contributed by atoms with E-state index in [2.05, 4.69) is 28.0 Å². The molecule has 0 radical (unpaired) electrons. The summed E-state index contributed by atoms with van der Waals surface area (Å²) in [5, 5.41) is 4.78. The van der Waals surface area contributed by atoms with Gasteiger partial charge in [0.25, 0.3) is 0 Å². The van der Waals surface area contributed by atoms with Gasteiger partial charge in [-0.1, -0.05) is 18.5 Å². The first-order valence-electron chi connectivity index (χ1n) is 5.35. The summed E-state index contributed by atoms with van der Waals surface area (Å²) in [4.78, 5) is 0. The van der Waals surface area contributed by atoms with Crippen molar-refractivity contribution in [1.82, 2.24) is 9.78 Å². The van der Waals surface area contributed by atoms with Gasteiger partial charge in [0.2, 0.25) is 0 Å². The van der Waals surface area contributed by atoms with E-state index in [4.69, 9.17) is 21.8 Å². The van der Waals surface area contributed by atoms with Gasteiger partial charge in [0, 0.05) is 6.54 Å². The Balaban J connectivity index is 2.35. The summed E-state index contributed by atoms with van der Waals surface area (Å²) in [6, 6.07) is 3.24. The zero-order valence-electron chi connectivity index (χ0n) is 9.36. The topological polar surface area (TPSA) is 57.0 Å². The van der Waals surface area contributed by atoms with Crippen molar-refractivity contribution < 1.29 is 4.42 Å². The van der Waals surface area contributed by atoms with Crippen molar-refractivity contribution in [3.63, 3.8) is 0 Å². The van der Waals surface area contributed by atoms with Crippen LogP contribution in [0.4, 0.5) is 0 Å². The fourth-order valence-electron chi connectivity index (χ4n) is 1.70. The van der Waals surface area contributed by atoms with Gasteiger partial charge < -0.3 is 10.2 Å². The maximum Gasteiger partial charge on any atom is 0.169 e. The fraction of sp³-hybridized carbons (Fsp3) is 0.364. The Morgan fingerprint density at radius 3 is 2.94 bits per heavy atom. The van der Waals surface area contributed by atoms with Gasteiger partial charge in [0.1, 0.15) is 11.8 Å². The first-order valence-corrected chi connectivity index (χ1v) is 6.52. The molecule has 0 spiro atoms. The van der Waals surface area contributed by atoms with E-state index in [1.165, 1.54) is 0 Å². The lowest BCUT2D eigenvalue weighted by molar-refractivity contribution is 0.453. The minimum absolute atomic E-state index is 0.400. The average Bonchev–Trinajstić information content (AvgIpc) is 2.86. The summed E-state index contributed by atoms with van der Waals surface area (Å²) in [5.74, 6) is 0.664. The van der Waals surface area contributed by atoms with Gasteiger partial charge in [-0.25, -0.2) is 0 Å². The monoisotopic (exact) mass is 317 g/mol. The van der Waals surface area contributed by atoms with E-state index in [-0.39, 0.29) is 0 Å². The molecule has 2 N–H and O–H groups in total. The van der Waals surface area contributed by atoms with Gasteiger partial charge in [-0.2, -0.15) is 5.10 Å². The van der Waals surface area contributed by atoms with E-state index in [9.17, 15) is 0 Å². The number of furan rings is 1. The van der Waals surface area contributed by atoms with Crippen molar-refractivity contribution in [3.8, 4) is 0 Å². The highest BCUT2D eigenvalue weighted by Gasteiger charge is 2.20. The van der Waals surface area contributed by atoms with Crippen LogP contribution in [-0.4, -0.2) is 9.78 Å². The van der Waals surface area contributed by atoms with Crippen LogP contribution in [-0.2, 0) is 6.54 Å². The Morgan fingerprint density at radius 1 is 1.59 bits per heavy atom. The van der Waals surface area contributed by atoms with Crippen LogP contribution in [0.1, 0.15) is 30.8 Å². The zero-order valence-corrected chi connectivity index (χ0v) is 11.7. The molecule has 2 rings (SSSR count). The number of aryl methyl sites for hydroxylation is 1. The van der Waals surface area contributed by atoms with Crippen LogP contribution in [0.5, 0.6) is 0 Å². The molecule has 4 nitrogen and oxygen atoms in total. The van der Waals surface area contributed by atoms with E-state index >= 15 is 0 Å². The number of aromatic nitrogens is 2. The standard InChI is InChI=1S/C11H13BrClN3O/c1-2-5-16-11(7(13)6-15-16)10(14)8-3-4-9(12)17-8/h3-4,6,10H,2,5,14H2,1H3. The molecular weight excluding hydrogens is 305 g/mol. The number of rotatable bonds is 4. The van der Waals surface area contributed by atoms with Crippen LogP contribution >= 0.6 is 27.5 Å². The molecule has 0 aromatic carbocycles. The lowest BCUT2D eigenvalue weighted by Gasteiger charge is -2.12. The molecule has 92 valence electrons. The molecule has 0 amide bonds. The van der Waals surface area contributed by atoms with Crippen molar-refractivity contribution >= 4 is 27.5 Å². The second-order valence-electron chi connectivity index (χ2n) is 3.72. The minimum atomic E-state index is -0.400. The Morgan fingerprint density at radius 2 is 2.35 bits per heavy atom. The highest BCUT2D eigenvalue weighted by molar-refractivity contribution is 9.10. The largest absolute Gasteiger partial charge is 0.452 e. The van der Waals surface area contributed by atoms with Crippen molar-refractivity contribution in [2.45, 2.75) is 25.9 Å². The summed E-state index contributed by atoms with van der Waals surface area (Å²) >= 11 is 9.37. The van der Waals surface area contributed by atoms with Gasteiger partial charge in [-0.05, 0) is 34.5 Å². The number of hydrogen-bond donors (Lipinski definition) is 1. The van der Waals surface area contributed by atoms with Gasteiger partial charge in [0.15, 0.2) is 4.67 Å². The van der Waals surface area contributed by atoms with Crippen LogP contribution < -0.4 is 5.73 Å². The average molecular weight is 319 g/mol. The lowest BCUT2D eigenvalue weighted by atomic mass is 10.1. The van der Waals surface area contributed by atoms with Crippen LogP contribution in [0.3, 0.4) is 0 Å². The van der Waals surface area contributed by atoms with Gasteiger partial charge in [-0.3, -0.25) is 4.68 Å². The molecule has 0 aliphatic rings. The quantitative estimate of drug-likeness (QED) is 0.940. The molecule has 17 heavy (non-hydrogen) atoms. The maximum atomic E-state index is 6.15. The third-order valence-electron chi connectivity index (χ3n) is 2.46. The summed E-state index contributed by atoms with van der Waals surface area (Å²) in [7, 11) is 0. The van der Waals surface area contributed by atoms with E-state index in [1.807, 2.05) is 16.8 Å². The molecule has 0 bridgehead atoms. The Labute approximate surface area is 113 Å². The van der Waals surface area contributed by atoms with Crippen molar-refractivity contribution in [2.75, 3.05) is 0 Å². The molecule has 0 fully saturated rings. The molecule has 1 atom stereocenters. The predicted octanol–water partition coefficient (Wildman–Crippen LogP) is 3.35. The lowest BCUT2D eigenvalue weighted by Crippen LogP contribution is -2.17. The van der Waals surface area contributed by atoms with Crippen LogP contribution in [0.15, 0.2) is 27.4 Å². The number of halogens is 2. The van der Waals surface area contributed by atoms with E-state index < -0.39 is 6.04 Å². The summed E-state index contributed by atoms with van der Waals surface area (Å²) in [5.41, 5.74) is 6.93. The van der Waals surface area contributed by atoms with Crippen LogP contribution in [0, 0.1) is 0 Å². The second-order valence-corrected chi connectivity index (χ2v) is 4.91. The number of hydrogen-bond acceptors (Lipinski definition) is 3. The Bertz CT molecular complexity index is 509. The third-order valence-corrected chi connectivity index (χ3v) is 3.18. The zero-order chi connectivity index (χ0) is 12.4. The molecular formula is C11H13BrClN3O. The molecule has 0 aliphatic carbocycles. The summed E-state index contributed by atoms with van der Waals surface area (Å²) in [6.45, 7) is 2.87. The van der Waals surface area contributed by atoms with E-state index in [0.717, 1.165) is 18.7 Å². The van der Waals surface area contributed by atoms with Crippen molar-refractivity contribution in [3.05, 3.63) is 39.5 Å². The molecule has 2 aromatic rings. The number of nitrogens with two attached hydrogens (primary N) is 1. The first-order chi connectivity index (χ1) is 8.13. The molecule has 0 aliphatic heterocycles. The van der Waals surface area contributed by atoms with Gasteiger partial charge >= 0.3 is 0 Å². The van der Waals surface area contributed by atoms with Crippen molar-refractivity contribution in [1.29, 1.82) is 0 Å². The number of nitrogens with zero attached hydrogens (tertiary/aromatic N) is 2. The molecule has 1 unspecified atom stereocenters. The fourth-order valence-corrected chi connectivity index (χ4v) is 2.28. The predicted molar refractivity (Wildman–Crippen MR) is 70.0 cm³/mol. The Hall–Kier alpha value is -0.780. The highest BCUT2D eigenvalue weighted by Crippen LogP contribution is 2.28.